The third-order valence-electron chi connectivity index (χ3n) is 5.13. The van der Waals surface area contributed by atoms with Crippen molar-refractivity contribution in [1.29, 1.82) is 0 Å². The van der Waals surface area contributed by atoms with Gasteiger partial charge in [0, 0.05) is 21.2 Å². The molecule has 280 valence electrons. The van der Waals surface area contributed by atoms with E-state index >= 15 is 0 Å². The van der Waals surface area contributed by atoms with E-state index in [2.05, 4.69) is 28.4 Å². The van der Waals surface area contributed by atoms with Crippen LogP contribution in [0.1, 0.15) is 6.92 Å². The van der Waals surface area contributed by atoms with E-state index in [0.29, 0.717) is 26.0 Å². The van der Waals surface area contributed by atoms with Gasteiger partial charge >= 0.3 is 48.9 Å². The second-order valence-corrected chi connectivity index (χ2v) is 9.31. The van der Waals surface area contributed by atoms with Crippen LogP contribution in [-0.4, -0.2) is 137 Å². The minimum absolute atomic E-state index is 0.258. The number of carbonyl (C=O) groups excluding carboxylic acids is 2. The molecule has 26 heteroatoms. The fraction of sp³-hybridized carbons (Fsp3) is 0.905. The fourth-order valence-corrected chi connectivity index (χ4v) is 2.86. The van der Waals surface area contributed by atoms with E-state index in [4.69, 9.17) is 0 Å². The normalized spacial score (nSPS) is 17.3. The van der Waals surface area contributed by atoms with Crippen molar-refractivity contribution in [2.24, 2.45) is 0 Å². The molecule has 0 aromatic carbocycles. The average Bonchev–Trinajstić information content (AvgIpc) is 2.86. The molecule has 4 unspecified atom stereocenters. The molecule has 0 N–H and O–H groups in total. The van der Waals surface area contributed by atoms with Gasteiger partial charge in [-0.05, 0) is 6.92 Å². The van der Waals surface area contributed by atoms with Gasteiger partial charge in [-0.15, -0.1) is 0 Å². The number of nitrogens with zero attached hydrogens (tertiary/aromatic N) is 2. The molecular weight excluding hydrogens is 712 g/mol. The van der Waals surface area contributed by atoms with Gasteiger partial charge in [-0.3, -0.25) is 0 Å². The van der Waals surface area contributed by atoms with Gasteiger partial charge in [-0.25, -0.2) is 14.0 Å². The molecule has 0 aliphatic rings. The SMILES string of the molecule is COC(COC(C)(F)CN(C)C(=O)OCCOC(=O)N(C)CC(OC(F)(F)C(F)(OCC(F)(F)F)C(F)(F)F)C(F)(F)F)C(F)(F)F. The molecule has 0 bridgehead atoms. The number of rotatable bonds is 16. The van der Waals surface area contributed by atoms with Gasteiger partial charge in [0.05, 0.1) is 19.7 Å². The lowest BCUT2D eigenvalue weighted by Crippen LogP contribution is -2.62. The van der Waals surface area contributed by atoms with E-state index in [1.807, 2.05) is 0 Å². The highest BCUT2D eigenvalue weighted by Crippen LogP contribution is 2.49. The molecule has 0 aliphatic heterocycles. The zero-order chi connectivity index (χ0) is 37.4. The largest absolute Gasteiger partial charge is 0.457 e. The van der Waals surface area contributed by atoms with Crippen LogP contribution >= 0.6 is 0 Å². The second kappa shape index (κ2) is 16.1. The van der Waals surface area contributed by atoms with Crippen molar-refractivity contribution in [2.45, 2.75) is 61.7 Å². The van der Waals surface area contributed by atoms with Gasteiger partial charge in [-0.2, -0.15) is 65.9 Å². The van der Waals surface area contributed by atoms with Crippen LogP contribution in [0.4, 0.5) is 79.8 Å². The molecule has 0 saturated heterocycles. The Morgan fingerprint density at radius 1 is 0.681 bits per heavy atom. The molecule has 47 heavy (non-hydrogen) atoms. The van der Waals surface area contributed by atoms with Crippen LogP contribution in [0.25, 0.3) is 0 Å². The topological polar surface area (TPSA) is 96.0 Å². The van der Waals surface area contributed by atoms with Crippen LogP contribution in [0.3, 0.4) is 0 Å². The Kier molecular flexibility index (Phi) is 15.2. The summed E-state index contributed by atoms with van der Waals surface area (Å²) in [6.45, 7) is -9.20. The lowest BCUT2D eigenvalue weighted by atomic mass is 10.2. The Morgan fingerprint density at radius 3 is 1.51 bits per heavy atom. The summed E-state index contributed by atoms with van der Waals surface area (Å²) in [5, 5.41) is 0. The van der Waals surface area contributed by atoms with Crippen LogP contribution in [-0.2, 0) is 28.4 Å². The highest BCUT2D eigenvalue weighted by Gasteiger charge is 2.76. The second-order valence-electron chi connectivity index (χ2n) is 9.31. The zero-order valence-electron chi connectivity index (χ0n) is 24.1. The van der Waals surface area contributed by atoms with Gasteiger partial charge in [0.15, 0.2) is 12.2 Å². The van der Waals surface area contributed by atoms with Gasteiger partial charge in [0.2, 0.25) is 5.85 Å². The monoisotopic (exact) mass is 738 g/mol. The summed E-state index contributed by atoms with van der Waals surface area (Å²) in [6, 6.07) is 0. The van der Waals surface area contributed by atoms with Crippen molar-refractivity contribution >= 4 is 12.2 Å². The molecule has 0 aliphatic carbocycles. The van der Waals surface area contributed by atoms with Gasteiger partial charge in [0.1, 0.15) is 19.8 Å². The molecule has 2 amide bonds. The number of alkyl halides is 16. The summed E-state index contributed by atoms with van der Waals surface area (Å²) >= 11 is 0. The van der Waals surface area contributed by atoms with Crippen LogP contribution in [0, 0.1) is 0 Å². The van der Waals surface area contributed by atoms with E-state index in [-0.39, 0.29) is 4.90 Å². The predicted octanol–water partition coefficient (Wildman–Crippen LogP) is 5.75. The summed E-state index contributed by atoms with van der Waals surface area (Å²) in [6.07, 6.45) is -40.8. The maximum absolute atomic E-state index is 14.4. The standard InChI is InChI=1S/C21H26F16N2O8/c1-15(22,45-8-12(42-4)18(29,30)31)9-39(3)14(41)44-6-5-43-13(40)38(2)7-11(17(26,27)28)47-21(36,37)19(32,20(33,34)35)46-10-16(23,24)25/h11-12H,5-10H2,1-4H3. The molecule has 0 aromatic heterocycles. The van der Waals surface area contributed by atoms with Crippen molar-refractivity contribution in [3.05, 3.63) is 0 Å². The van der Waals surface area contributed by atoms with Gasteiger partial charge < -0.3 is 38.2 Å². The number of carbonyl (C=O) groups is 2. The third kappa shape index (κ3) is 14.5. The highest BCUT2D eigenvalue weighted by atomic mass is 19.4. The molecule has 0 rings (SSSR count). The minimum atomic E-state index is -7.08. The summed E-state index contributed by atoms with van der Waals surface area (Å²) < 4.78 is 232. The number of hydrogen-bond acceptors (Lipinski definition) is 8. The molecular formula is C21H26F16N2O8. The summed E-state index contributed by atoms with van der Waals surface area (Å²) in [4.78, 5) is 24.0. The first kappa shape index (κ1) is 44.3. The zero-order valence-corrected chi connectivity index (χ0v) is 24.1. The van der Waals surface area contributed by atoms with Crippen molar-refractivity contribution in [3.8, 4) is 0 Å². The number of halogens is 16. The number of hydrogen-bond donors (Lipinski definition) is 0. The van der Waals surface area contributed by atoms with Crippen molar-refractivity contribution in [1.82, 2.24) is 9.80 Å². The van der Waals surface area contributed by atoms with E-state index < -0.39 is 106 Å². The first-order chi connectivity index (χ1) is 20.8. The van der Waals surface area contributed by atoms with Gasteiger partial charge in [0.25, 0.3) is 0 Å². The quantitative estimate of drug-likeness (QED) is 0.146. The molecule has 0 spiro atoms. The molecule has 0 aromatic rings. The Bertz CT molecular complexity index is 1010. The smallest absolute Gasteiger partial charge is 0.446 e. The van der Waals surface area contributed by atoms with Crippen molar-refractivity contribution in [2.75, 3.05) is 60.7 Å². The minimum Gasteiger partial charge on any atom is -0.446 e. The summed E-state index contributed by atoms with van der Waals surface area (Å²) in [5.74, 6) is -9.65. The summed E-state index contributed by atoms with van der Waals surface area (Å²) in [7, 11) is 1.90. The first-order valence-corrected chi connectivity index (χ1v) is 12.1. The molecule has 0 radical (unpaired) electrons. The Morgan fingerprint density at radius 2 is 1.13 bits per heavy atom. The van der Waals surface area contributed by atoms with E-state index in [0.717, 1.165) is 7.05 Å². The Hall–Kier alpha value is -2.74. The lowest BCUT2D eigenvalue weighted by Gasteiger charge is -2.36. The van der Waals surface area contributed by atoms with Crippen LogP contribution in [0.15, 0.2) is 0 Å². The molecule has 0 fully saturated rings. The Labute approximate surface area is 253 Å². The number of likely N-dealkylation sites (N-methyl/N-ethyl adjacent to an activating group) is 2. The lowest BCUT2D eigenvalue weighted by molar-refractivity contribution is -0.480. The highest BCUT2D eigenvalue weighted by molar-refractivity contribution is 5.68. The predicted molar refractivity (Wildman–Crippen MR) is 118 cm³/mol. The van der Waals surface area contributed by atoms with Gasteiger partial charge in [-0.1, -0.05) is 0 Å². The van der Waals surface area contributed by atoms with Crippen LogP contribution in [0.2, 0.25) is 0 Å². The van der Waals surface area contributed by atoms with Crippen molar-refractivity contribution < 1.29 is 108 Å². The molecule has 0 saturated carbocycles. The van der Waals surface area contributed by atoms with Crippen LogP contribution in [0.5, 0.6) is 0 Å². The number of ether oxygens (including phenoxy) is 6. The fourth-order valence-electron chi connectivity index (χ4n) is 2.86. The van der Waals surface area contributed by atoms with E-state index in [9.17, 15) is 79.8 Å². The summed E-state index contributed by atoms with van der Waals surface area (Å²) in [5.41, 5.74) is 0. The third-order valence-corrected chi connectivity index (χ3v) is 5.13. The molecule has 0 heterocycles. The van der Waals surface area contributed by atoms with E-state index in [1.54, 1.807) is 0 Å². The molecule has 10 nitrogen and oxygen atoms in total. The Balaban J connectivity index is 5.22. The number of amides is 2. The van der Waals surface area contributed by atoms with E-state index in [1.165, 1.54) is 0 Å². The number of methoxy groups -OCH3 is 1. The van der Waals surface area contributed by atoms with Crippen LogP contribution < -0.4 is 0 Å². The molecule has 4 atom stereocenters. The maximum atomic E-state index is 14.4. The maximum Gasteiger partial charge on any atom is 0.457 e. The first-order valence-electron chi connectivity index (χ1n) is 12.1. The van der Waals surface area contributed by atoms with Crippen molar-refractivity contribution in [3.63, 3.8) is 0 Å². The average molecular weight is 738 g/mol.